The van der Waals surface area contributed by atoms with Gasteiger partial charge < -0.3 is 14.6 Å². The number of amides is 1. The molecule has 146 valence electrons. The first-order valence-corrected chi connectivity index (χ1v) is 10.0. The topological polar surface area (TPSA) is 91.7 Å². The summed E-state index contributed by atoms with van der Waals surface area (Å²) in [6.07, 6.45) is 1.48. The summed E-state index contributed by atoms with van der Waals surface area (Å²) in [5.74, 6) is 0.199. The third kappa shape index (κ3) is 4.79. The number of rotatable bonds is 7. The Labute approximate surface area is 164 Å². The number of carbonyl (C=O) groups excluding carboxylic acids is 1. The monoisotopic (exact) mass is 399 g/mol. The number of anilines is 2. The molecule has 8 heteroatoms. The summed E-state index contributed by atoms with van der Waals surface area (Å²) in [6.45, 7) is 0.0561. The van der Waals surface area contributed by atoms with Crippen LogP contribution in [0.15, 0.2) is 76.2 Å². The van der Waals surface area contributed by atoms with Crippen molar-refractivity contribution in [2.45, 2.75) is 11.4 Å². The van der Waals surface area contributed by atoms with E-state index >= 15 is 0 Å². The highest BCUT2D eigenvalue weighted by Gasteiger charge is 2.15. The van der Waals surface area contributed by atoms with Crippen molar-refractivity contribution in [2.75, 3.05) is 24.3 Å². The van der Waals surface area contributed by atoms with E-state index in [9.17, 15) is 13.2 Å². The van der Waals surface area contributed by atoms with Crippen molar-refractivity contribution in [3.05, 3.63) is 78.3 Å². The minimum atomic E-state index is -3.70. The zero-order valence-corrected chi connectivity index (χ0v) is 16.4. The van der Waals surface area contributed by atoms with Crippen LogP contribution in [0.3, 0.4) is 0 Å². The van der Waals surface area contributed by atoms with E-state index in [4.69, 9.17) is 4.42 Å². The van der Waals surface area contributed by atoms with Gasteiger partial charge in [0.25, 0.3) is 5.91 Å². The van der Waals surface area contributed by atoms with E-state index in [1.807, 2.05) is 43.3 Å². The first-order chi connectivity index (χ1) is 13.3. The quantitative estimate of drug-likeness (QED) is 0.637. The van der Waals surface area contributed by atoms with Crippen LogP contribution in [0.25, 0.3) is 0 Å². The van der Waals surface area contributed by atoms with Crippen molar-refractivity contribution >= 4 is 27.3 Å². The zero-order chi connectivity index (χ0) is 20.1. The third-order valence-corrected chi connectivity index (χ3v) is 5.50. The van der Waals surface area contributed by atoms with Gasteiger partial charge in [0.05, 0.1) is 17.7 Å². The Morgan fingerprint density at radius 2 is 1.68 bits per heavy atom. The van der Waals surface area contributed by atoms with Crippen LogP contribution in [0, 0.1) is 0 Å². The molecule has 0 saturated carbocycles. The molecular formula is C20H21N3O4S. The molecule has 1 amide bonds. The summed E-state index contributed by atoms with van der Waals surface area (Å²) < 4.78 is 32.2. The summed E-state index contributed by atoms with van der Waals surface area (Å²) in [7, 11) is 0.177. The summed E-state index contributed by atoms with van der Waals surface area (Å²) in [5, 5.41) is 2.79. The van der Waals surface area contributed by atoms with Crippen LogP contribution in [0.5, 0.6) is 0 Å². The van der Waals surface area contributed by atoms with Crippen LogP contribution < -0.4 is 14.9 Å². The van der Waals surface area contributed by atoms with Gasteiger partial charge in [0.15, 0.2) is 0 Å². The highest BCUT2D eigenvalue weighted by atomic mass is 32.2. The molecule has 2 N–H and O–H groups in total. The van der Waals surface area contributed by atoms with Gasteiger partial charge in [0.1, 0.15) is 5.76 Å². The lowest BCUT2D eigenvalue weighted by Crippen LogP contribution is -2.23. The largest absolute Gasteiger partial charge is 0.468 e. The Morgan fingerprint density at radius 1 is 1.00 bits per heavy atom. The average molecular weight is 399 g/mol. The number of hydrogen-bond acceptors (Lipinski definition) is 5. The molecule has 7 nitrogen and oxygen atoms in total. The second-order valence-electron chi connectivity index (χ2n) is 6.32. The van der Waals surface area contributed by atoms with E-state index in [1.54, 1.807) is 12.1 Å². The van der Waals surface area contributed by atoms with Gasteiger partial charge in [-0.3, -0.25) is 4.79 Å². The molecule has 3 aromatic rings. The van der Waals surface area contributed by atoms with Gasteiger partial charge in [0.2, 0.25) is 10.0 Å². The van der Waals surface area contributed by atoms with Crippen molar-refractivity contribution in [3.63, 3.8) is 0 Å². The van der Waals surface area contributed by atoms with Crippen LogP contribution in [-0.2, 0) is 16.6 Å². The molecule has 0 aliphatic heterocycles. The Kier molecular flexibility index (Phi) is 5.81. The molecule has 0 bridgehead atoms. The molecule has 1 aromatic heterocycles. The van der Waals surface area contributed by atoms with Gasteiger partial charge in [-0.1, -0.05) is 0 Å². The summed E-state index contributed by atoms with van der Waals surface area (Å²) in [4.78, 5) is 14.4. The van der Waals surface area contributed by atoms with E-state index in [2.05, 4.69) is 10.0 Å². The van der Waals surface area contributed by atoms with Crippen molar-refractivity contribution in [1.82, 2.24) is 4.72 Å². The van der Waals surface area contributed by atoms with Crippen LogP contribution in [0.4, 0.5) is 11.4 Å². The molecule has 0 aliphatic rings. The maximum atomic E-state index is 12.4. The van der Waals surface area contributed by atoms with Gasteiger partial charge in [0, 0.05) is 31.0 Å². The molecule has 0 atom stereocenters. The molecule has 0 fully saturated rings. The summed E-state index contributed by atoms with van der Waals surface area (Å²) in [5.41, 5.74) is 2.05. The Hall–Kier alpha value is -3.10. The average Bonchev–Trinajstić information content (AvgIpc) is 3.21. The van der Waals surface area contributed by atoms with Gasteiger partial charge >= 0.3 is 0 Å². The second-order valence-corrected chi connectivity index (χ2v) is 8.09. The molecule has 2 aromatic carbocycles. The molecule has 0 aliphatic carbocycles. The highest BCUT2D eigenvalue weighted by Crippen LogP contribution is 2.17. The number of carbonyl (C=O) groups is 1. The lowest BCUT2D eigenvalue weighted by molar-refractivity contribution is 0.102. The van der Waals surface area contributed by atoms with Crippen molar-refractivity contribution < 1.29 is 17.6 Å². The molecule has 28 heavy (non-hydrogen) atoms. The number of hydrogen-bond donors (Lipinski definition) is 2. The second kappa shape index (κ2) is 8.28. The number of nitrogens with one attached hydrogen (secondary N) is 2. The van der Waals surface area contributed by atoms with Crippen molar-refractivity contribution in [3.8, 4) is 0 Å². The van der Waals surface area contributed by atoms with Crippen molar-refractivity contribution in [1.29, 1.82) is 0 Å². The Bertz CT molecular complexity index is 1030. The predicted octanol–water partition coefficient (Wildman–Crippen LogP) is 3.08. The van der Waals surface area contributed by atoms with Gasteiger partial charge in [-0.2, -0.15) is 0 Å². The number of furan rings is 1. The van der Waals surface area contributed by atoms with E-state index in [-0.39, 0.29) is 17.3 Å². The molecular weight excluding hydrogens is 378 g/mol. The Balaban J connectivity index is 1.65. The van der Waals surface area contributed by atoms with Gasteiger partial charge in [-0.25, -0.2) is 13.1 Å². The molecule has 0 radical (unpaired) electrons. The normalized spacial score (nSPS) is 11.2. The SMILES string of the molecule is CN(C)c1ccc(NC(=O)c2ccc(S(=O)(=O)NCc3ccco3)cc2)cc1. The number of benzene rings is 2. The number of nitrogens with zero attached hydrogens (tertiary/aromatic N) is 1. The van der Waals surface area contributed by atoms with Crippen LogP contribution in [0.1, 0.15) is 16.1 Å². The van der Waals surface area contributed by atoms with E-state index in [0.29, 0.717) is 17.0 Å². The maximum Gasteiger partial charge on any atom is 0.255 e. The molecule has 0 spiro atoms. The fraction of sp³-hybridized carbons (Fsp3) is 0.150. The highest BCUT2D eigenvalue weighted by molar-refractivity contribution is 7.89. The lowest BCUT2D eigenvalue weighted by atomic mass is 10.2. The van der Waals surface area contributed by atoms with E-state index in [1.165, 1.54) is 30.5 Å². The zero-order valence-electron chi connectivity index (χ0n) is 15.5. The van der Waals surface area contributed by atoms with Crippen molar-refractivity contribution in [2.24, 2.45) is 0 Å². The van der Waals surface area contributed by atoms with Gasteiger partial charge in [-0.05, 0) is 60.7 Å². The summed E-state index contributed by atoms with van der Waals surface area (Å²) >= 11 is 0. The van der Waals surface area contributed by atoms with E-state index < -0.39 is 10.0 Å². The molecule has 1 heterocycles. The first kappa shape index (κ1) is 19.7. The summed E-state index contributed by atoms with van der Waals surface area (Å²) in [6, 6.07) is 16.5. The standard InChI is InChI=1S/C20H21N3O4S/c1-23(2)17-9-7-16(8-10-17)22-20(24)15-5-11-19(12-6-15)28(25,26)21-14-18-4-3-13-27-18/h3-13,21H,14H2,1-2H3,(H,22,24). The fourth-order valence-corrected chi connectivity index (χ4v) is 3.49. The van der Waals surface area contributed by atoms with Crippen LogP contribution in [-0.4, -0.2) is 28.4 Å². The lowest BCUT2D eigenvalue weighted by Gasteiger charge is -2.13. The predicted molar refractivity (Wildman–Crippen MR) is 108 cm³/mol. The van der Waals surface area contributed by atoms with E-state index in [0.717, 1.165) is 5.69 Å². The van der Waals surface area contributed by atoms with Crippen LogP contribution in [0.2, 0.25) is 0 Å². The molecule has 0 saturated heterocycles. The Morgan fingerprint density at radius 3 is 2.25 bits per heavy atom. The number of sulfonamides is 1. The molecule has 0 unspecified atom stereocenters. The molecule has 3 rings (SSSR count). The first-order valence-electron chi connectivity index (χ1n) is 8.56. The van der Waals surface area contributed by atoms with Crippen LogP contribution >= 0.6 is 0 Å². The smallest absolute Gasteiger partial charge is 0.255 e. The maximum absolute atomic E-state index is 12.4. The third-order valence-electron chi connectivity index (χ3n) is 4.08. The van der Waals surface area contributed by atoms with Gasteiger partial charge in [-0.15, -0.1) is 0 Å². The minimum Gasteiger partial charge on any atom is -0.468 e. The minimum absolute atomic E-state index is 0.0561. The fourth-order valence-electron chi connectivity index (χ4n) is 2.49.